The van der Waals surface area contributed by atoms with E-state index in [1.54, 1.807) is 24.3 Å². The van der Waals surface area contributed by atoms with Crippen LogP contribution in [0, 0.1) is 18.6 Å². The third-order valence-electron chi connectivity index (χ3n) is 4.42. The van der Waals surface area contributed by atoms with E-state index in [-0.39, 0.29) is 12.5 Å². The molecule has 2 N–H and O–H groups in total. The quantitative estimate of drug-likeness (QED) is 0.482. The van der Waals surface area contributed by atoms with Gasteiger partial charge in [0.25, 0.3) is 11.6 Å². The summed E-state index contributed by atoms with van der Waals surface area (Å²) in [4.78, 5) is 19.7. The van der Waals surface area contributed by atoms with Crippen LogP contribution >= 0.6 is 23.6 Å². The number of hydrogen-bond donors (Lipinski definition) is 2. The van der Waals surface area contributed by atoms with E-state index in [9.17, 15) is 4.79 Å². The molecule has 10 heteroatoms. The Balaban J connectivity index is 1.70. The number of carbonyl (C=O) groups is 1. The molecule has 4 aromatic rings. The molecule has 0 atom stereocenters. The second-order valence-electron chi connectivity index (χ2n) is 6.29. The van der Waals surface area contributed by atoms with Gasteiger partial charge in [-0.1, -0.05) is 5.16 Å². The van der Waals surface area contributed by atoms with E-state index in [1.165, 1.54) is 4.88 Å². The van der Waals surface area contributed by atoms with Crippen LogP contribution in [0.5, 0.6) is 0 Å². The Morgan fingerprint density at radius 1 is 1.39 bits per heavy atom. The van der Waals surface area contributed by atoms with Crippen molar-refractivity contribution in [3.8, 4) is 10.6 Å². The standard InChI is InChI=1S/C18H18N6O2S2/c1-4-24-14(21-22-18(24)27)8-19-16(25)11-7-12(13-6-5-9(2)28-13)20-17-15(11)10(3)23-26-17/h5-7H,4,8H2,1-3H3,(H,19,25)(H,22,27). The van der Waals surface area contributed by atoms with Crippen molar-refractivity contribution in [2.24, 2.45) is 0 Å². The Kier molecular flexibility index (Phi) is 4.82. The van der Waals surface area contributed by atoms with Gasteiger partial charge in [-0.3, -0.25) is 9.89 Å². The Bertz CT molecular complexity index is 1230. The Morgan fingerprint density at radius 2 is 2.21 bits per heavy atom. The topological polar surface area (TPSA) is 102 Å². The molecule has 0 spiro atoms. The monoisotopic (exact) mass is 414 g/mol. The van der Waals surface area contributed by atoms with E-state index in [1.807, 2.05) is 30.5 Å². The Hall–Kier alpha value is -2.85. The first-order chi connectivity index (χ1) is 13.5. The molecule has 0 radical (unpaired) electrons. The SMILES string of the molecule is CCn1c(CNC(=O)c2cc(-c3ccc(C)s3)nc3onc(C)c23)n[nH]c1=S. The summed E-state index contributed by atoms with van der Waals surface area (Å²) in [6.07, 6.45) is 0. The highest BCUT2D eigenvalue weighted by Gasteiger charge is 2.20. The summed E-state index contributed by atoms with van der Waals surface area (Å²) in [7, 11) is 0. The minimum Gasteiger partial charge on any atom is -0.345 e. The maximum Gasteiger partial charge on any atom is 0.259 e. The molecule has 4 aromatic heterocycles. The molecule has 0 aliphatic heterocycles. The number of H-pyrrole nitrogens is 1. The minimum atomic E-state index is -0.246. The number of rotatable bonds is 5. The Labute approximate surface area is 169 Å². The summed E-state index contributed by atoms with van der Waals surface area (Å²) in [5, 5.41) is 14.4. The van der Waals surface area contributed by atoms with Crippen LogP contribution in [0.3, 0.4) is 0 Å². The molecule has 0 fully saturated rings. The van der Waals surface area contributed by atoms with Crippen LogP contribution in [0.15, 0.2) is 22.7 Å². The van der Waals surface area contributed by atoms with E-state index in [4.69, 9.17) is 16.7 Å². The van der Waals surface area contributed by atoms with Crippen LogP contribution in [-0.4, -0.2) is 30.8 Å². The van der Waals surface area contributed by atoms with Gasteiger partial charge >= 0.3 is 0 Å². The number of pyridine rings is 1. The highest BCUT2D eigenvalue weighted by Crippen LogP contribution is 2.31. The Morgan fingerprint density at radius 3 is 2.93 bits per heavy atom. The van der Waals surface area contributed by atoms with E-state index < -0.39 is 0 Å². The molecule has 144 valence electrons. The lowest BCUT2D eigenvalue weighted by molar-refractivity contribution is 0.0951. The maximum absolute atomic E-state index is 13.0. The lowest BCUT2D eigenvalue weighted by Gasteiger charge is -2.08. The van der Waals surface area contributed by atoms with Crippen molar-refractivity contribution < 1.29 is 9.32 Å². The van der Waals surface area contributed by atoms with E-state index in [0.29, 0.717) is 45.2 Å². The highest BCUT2D eigenvalue weighted by atomic mass is 32.1. The van der Waals surface area contributed by atoms with Crippen LogP contribution in [0.2, 0.25) is 0 Å². The smallest absolute Gasteiger partial charge is 0.259 e. The average Bonchev–Trinajstić information content (AvgIpc) is 3.38. The van der Waals surface area contributed by atoms with Gasteiger partial charge in [-0.15, -0.1) is 11.3 Å². The molecular formula is C18H18N6O2S2. The van der Waals surface area contributed by atoms with Crippen LogP contribution < -0.4 is 5.32 Å². The fourth-order valence-electron chi connectivity index (χ4n) is 3.04. The molecule has 0 bridgehead atoms. The lowest BCUT2D eigenvalue weighted by atomic mass is 10.1. The van der Waals surface area contributed by atoms with Gasteiger partial charge in [-0.05, 0) is 51.2 Å². The fraction of sp³-hybridized carbons (Fsp3) is 0.278. The number of aryl methyl sites for hydroxylation is 2. The lowest BCUT2D eigenvalue weighted by Crippen LogP contribution is -2.25. The number of nitrogens with one attached hydrogen (secondary N) is 2. The third-order valence-corrected chi connectivity index (χ3v) is 5.75. The van der Waals surface area contributed by atoms with E-state index in [2.05, 4.69) is 25.7 Å². The van der Waals surface area contributed by atoms with Crippen LogP contribution in [0.25, 0.3) is 21.7 Å². The van der Waals surface area contributed by atoms with E-state index >= 15 is 0 Å². The van der Waals surface area contributed by atoms with Crippen molar-refractivity contribution in [3.05, 3.63) is 44.9 Å². The zero-order chi connectivity index (χ0) is 19.8. The summed E-state index contributed by atoms with van der Waals surface area (Å²) in [6, 6.07) is 5.78. The van der Waals surface area contributed by atoms with Crippen molar-refractivity contribution in [3.63, 3.8) is 0 Å². The maximum atomic E-state index is 13.0. The van der Waals surface area contributed by atoms with Crippen molar-refractivity contribution in [2.45, 2.75) is 33.9 Å². The zero-order valence-electron chi connectivity index (χ0n) is 15.6. The summed E-state index contributed by atoms with van der Waals surface area (Å²) in [5.41, 5.74) is 2.13. The molecule has 4 heterocycles. The summed E-state index contributed by atoms with van der Waals surface area (Å²) in [5.74, 6) is 0.423. The van der Waals surface area contributed by atoms with Crippen molar-refractivity contribution in [1.29, 1.82) is 0 Å². The number of hydrogen-bond acceptors (Lipinski definition) is 7. The van der Waals surface area contributed by atoms with Crippen molar-refractivity contribution in [1.82, 2.24) is 30.2 Å². The number of thiophene rings is 1. The molecule has 8 nitrogen and oxygen atoms in total. The first-order valence-electron chi connectivity index (χ1n) is 8.74. The zero-order valence-corrected chi connectivity index (χ0v) is 17.2. The molecule has 0 aliphatic rings. The number of amides is 1. The van der Waals surface area contributed by atoms with E-state index in [0.717, 1.165) is 4.88 Å². The second-order valence-corrected chi connectivity index (χ2v) is 7.96. The largest absolute Gasteiger partial charge is 0.345 e. The highest BCUT2D eigenvalue weighted by molar-refractivity contribution is 7.71. The van der Waals surface area contributed by atoms with Crippen LogP contribution in [0.4, 0.5) is 0 Å². The fourth-order valence-corrected chi connectivity index (χ4v) is 4.15. The number of aromatic nitrogens is 5. The molecule has 28 heavy (non-hydrogen) atoms. The van der Waals surface area contributed by atoms with Gasteiger partial charge in [0, 0.05) is 11.4 Å². The molecule has 0 saturated carbocycles. The molecule has 0 saturated heterocycles. The van der Waals surface area contributed by atoms with Crippen molar-refractivity contribution >= 4 is 40.6 Å². The number of aromatic amines is 1. The van der Waals surface area contributed by atoms with Gasteiger partial charge < -0.3 is 14.4 Å². The number of nitrogens with zero attached hydrogens (tertiary/aromatic N) is 4. The first-order valence-corrected chi connectivity index (χ1v) is 9.96. The van der Waals surface area contributed by atoms with Gasteiger partial charge in [0.1, 0.15) is 0 Å². The van der Waals surface area contributed by atoms with Gasteiger partial charge in [-0.2, -0.15) is 5.10 Å². The van der Waals surface area contributed by atoms with Crippen molar-refractivity contribution in [2.75, 3.05) is 0 Å². The average molecular weight is 415 g/mol. The first kappa shape index (κ1) is 18.5. The predicted octanol–water partition coefficient (Wildman–Crippen LogP) is 3.77. The molecule has 0 unspecified atom stereocenters. The molecular weight excluding hydrogens is 396 g/mol. The molecule has 4 rings (SSSR count). The van der Waals surface area contributed by atoms with Gasteiger partial charge in [0.2, 0.25) is 0 Å². The molecule has 0 aliphatic carbocycles. The number of carbonyl (C=O) groups excluding carboxylic acids is 1. The molecule has 1 amide bonds. The second kappa shape index (κ2) is 7.28. The van der Waals surface area contributed by atoms with Crippen LogP contribution in [0.1, 0.15) is 33.7 Å². The summed E-state index contributed by atoms with van der Waals surface area (Å²) >= 11 is 6.80. The summed E-state index contributed by atoms with van der Waals surface area (Å²) < 4.78 is 7.71. The normalized spacial score (nSPS) is 11.2. The van der Waals surface area contributed by atoms with Gasteiger partial charge in [0.05, 0.1) is 33.8 Å². The summed E-state index contributed by atoms with van der Waals surface area (Å²) in [6.45, 7) is 6.72. The van der Waals surface area contributed by atoms with Crippen LogP contribution in [-0.2, 0) is 13.1 Å². The minimum absolute atomic E-state index is 0.246. The third kappa shape index (κ3) is 3.25. The molecule has 0 aromatic carbocycles. The number of fused-ring (bicyclic) bond motifs is 1. The van der Waals surface area contributed by atoms with Gasteiger partial charge in [-0.25, -0.2) is 4.98 Å². The van der Waals surface area contributed by atoms with Gasteiger partial charge in [0.15, 0.2) is 10.6 Å². The predicted molar refractivity (Wildman–Crippen MR) is 109 cm³/mol.